The predicted octanol–water partition coefficient (Wildman–Crippen LogP) is 2.46. The summed E-state index contributed by atoms with van der Waals surface area (Å²) < 4.78 is 17.0. The quantitative estimate of drug-likeness (QED) is 0.394. The summed E-state index contributed by atoms with van der Waals surface area (Å²) in [4.78, 5) is 0. The molecule has 0 saturated heterocycles. The Morgan fingerprint density at radius 1 is 1.00 bits per heavy atom. The van der Waals surface area contributed by atoms with Gasteiger partial charge in [-0.15, -0.1) is 0 Å². The van der Waals surface area contributed by atoms with E-state index in [0.717, 1.165) is 45.4 Å². The molecule has 0 heterocycles. The van der Waals surface area contributed by atoms with Crippen molar-refractivity contribution in [1.82, 2.24) is 5.32 Å². The number of rotatable bonds is 14. The van der Waals surface area contributed by atoms with Gasteiger partial charge in [0, 0.05) is 26.4 Å². The maximum Gasteiger partial charge on any atom is 0.321 e. The molecule has 4 nitrogen and oxygen atoms in total. The number of hydrogen-bond acceptors (Lipinski definition) is 4. The van der Waals surface area contributed by atoms with Gasteiger partial charge in [-0.1, -0.05) is 19.8 Å². The molecule has 0 saturated carbocycles. The van der Waals surface area contributed by atoms with Crippen LogP contribution >= 0.6 is 0 Å². The Balaban J connectivity index is 3.37. The Morgan fingerprint density at radius 2 is 1.68 bits per heavy atom. The summed E-state index contributed by atoms with van der Waals surface area (Å²) in [5.74, 6) is 0. The van der Waals surface area contributed by atoms with Gasteiger partial charge in [0.2, 0.25) is 0 Å². The summed E-state index contributed by atoms with van der Waals surface area (Å²) in [7, 11) is -1.37. The average Bonchev–Trinajstić information content (AvgIpc) is 2.40. The Kier molecular flexibility index (Phi) is 14.5. The van der Waals surface area contributed by atoms with E-state index >= 15 is 0 Å². The molecule has 0 bridgehead atoms. The third-order valence-electron chi connectivity index (χ3n) is 2.87. The molecule has 1 unspecified atom stereocenters. The molecule has 0 aromatic rings. The summed E-state index contributed by atoms with van der Waals surface area (Å²) in [6, 6.07) is 1.12. The van der Waals surface area contributed by atoms with E-state index in [4.69, 9.17) is 13.6 Å². The van der Waals surface area contributed by atoms with Gasteiger partial charge in [0.15, 0.2) is 0 Å². The Bertz CT molecular complexity index is 178. The van der Waals surface area contributed by atoms with Crippen LogP contribution in [0.25, 0.3) is 0 Å². The second-order valence-electron chi connectivity index (χ2n) is 4.68. The summed E-state index contributed by atoms with van der Waals surface area (Å²) in [5.41, 5.74) is 0. The first-order valence-electron chi connectivity index (χ1n) is 7.80. The second kappa shape index (κ2) is 14.5. The van der Waals surface area contributed by atoms with Crippen molar-refractivity contribution >= 4 is 9.28 Å². The topological polar surface area (TPSA) is 39.7 Å². The van der Waals surface area contributed by atoms with E-state index in [0.29, 0.717) is 6.10 Å². The molecular formula is C14H33NO3Si. The highest BCUT2D eigenvalue weighted by Crippen LogP contribution is 2.07. The van der Waals surface area contributed by atoms with E-state index in [9.17, 15) is 0 Å². The van der Waals surface area contributed by atoms with Crippen molar-refractivity contribution < 1.29 is 13.6 Å². The summed E-state index contributed by atoms with van der Waals surface area (Å²) >= 11 is 0. The van der Waals surface area contributed by atoms with Gasteiger partial charge in [0.05, 0.1) is 6.10 Å². The molecule has 0 aliphatic carbocycles. The third-order valence-corrected chi connectivity index (χ3v) is 5.16. The van der Waals surface area contributed by atoms with Crippen molar-refractivity contribution in [3.05, 3.63) is 0 Å². The van der Waals surface area contributed by atoms with Crippen LogP contribution in [0.3, 0.4) is 0 Å². The van der Waals surface area contributed by atoms with E-state index in [1.165, 1.54) is 12.8 Å². The molecule has 0 aromatic heterocycles. The van der Waals surface area contributed by atoms with Gasteiger partial charge in [-0.05, 0) is 39.8 Å². The Hall–Kier alpha value is 0.0569. The first kappa shape index (κ1) is 19.1. The Labute approximate surface area is 121 Å². The first-order chi connectivity index (χ1) is 9.24. The molecule has 0 spiro atoms. The number of unbranched alkanes of at least 4 members (excludes halogenated alkanes) is 2. The highest BCUT2D eigenvalue weighted by atomic mass is 28.3. The number of likely N-dealkylation sites (N-methyl/N-ethyl adjacent to an activating group) is 1. The third kappa shape index (κ3) is 12.8. The maximum absolute atomic E-state index is 5.73. The summed E-state index contributed by atoms with van der Waals surface area (Å²) in [5, 5.41) is 3.29. The molecule has 1 N–H and O–H groups in total. The van der Waals surface area contributed by atoms with Gasteiger partial charge in [0.25, 0.3) is 0 Å². The van der Waals surface area contributed by atoms with Crippen LogP contribution in [0.1, 0.15) is 47.0 Å². The molecule has 116 valence electrons. The summed E-state index contributed by atoms with van der Waals surface area (Å²) in [6.07, 6.45) is 3.85. The van der Waals surface area contributed by atoms with Crippen molar-refractivity contribution in [2.75, 3.05) is 32.9 Å². The van der Waals surface area contributed by atoms with Crippen LogP contribution < -0.4 is 5.32 Å². The van der Waals surface area contributed by atoms with Gasteiger partial charge in [-0.3, -0.25) is 0 Å². The zero-order valence-corrected chi connectivity index (χ0v) is 14.4. The van der Waals surface area contributed by atoms with Crippen LogP contribution in [0.2, 0.25) is 6.04 Å². The largest absolute Gasteiger partial charge is 0.397 e. The van der Waals surface area contributed by atoms with Gasteiger partial charge in [-0.2, -0.15) is 0 Å². The SMILES string of the molecule is CCNCC(C)OCCCCC[SiH](OCC)OCC. The smallest absolute Gasteiger partial charge is 0.321 e. The van der Waals surface area contributed by atoms with Crippen molar-refractivity contribution in [3.63, 3.8) is 0 Å². The molecule has 0 aromatic carbocycles. The van der Waals surface area contributed by atoms with Crippen LogP contribution in [0.5, 0.6) is 0 Å². The van der Waals surface area contributed by atoms with Crippen molar-refractivity contribution in [2.45, 2.75) is 59.1 Å². The minimum atomic E-state index is -1.37. The maximum atomic E-state index is 5.73. The molecule has 0 aliphatic rings. The minimum absolute atomic E-state index is 0.314. The number of hydrogen-bond donors (Lipinski definition) is 1. The molecule has 5 heteroatoms. The second-order valence-corrected chi connectivity index (χ2v) is 6.78. The molecular weight excluding hydrogens is 258 g/mol. The van der Waals surface area contributed by atoms with Gasteiger partial charge in [0.1, 0.15) is 0 Å². The Morgan fingerprint density at radius 3 is 2.26 bits per heavy atom. The lowest BCUT2D eigenvalue weighted by Gasteiger charge is -2.15. The normalized spacial score (nSPS) is 13.1. The zero-order chi connectivity index (χ0) is 14.3. The molecule has 0 fully saturated rings. The van der Waals surface area contributed by atoms with Crippen LogP contribution in [-0.4, -0.2) is 48.3 Å². The molecule has 0 aliphatic heterocycles. The highest BCUT2D eigenvalue weighted by molar-refractivity contribution is 6.44. The fourth-order valence-corrected chi connectivity index (χ4v) is 3.66. The van der Waals surface area contributed by atoms with Crippen LogP contribution in [0.4, 0.5) is 0 Å². The van der Waals surface area contributed by atoms with Crippen LogP contribution in [0.15, 0.2) is 0 Å². The number of nitrogens with one attached hydrogen (secondary N) is 1. The lowest BCUT2D eigenvalue weighted by Crippen LogP contribution is -2.26. The molecule has 19 heavy (non-hydrogen) atoms. The highest BCUT2D eigenvalue weighted by Gasteiger charge is 2.11. The lowest BCUT2D eigenvalue weighted by atomic mass is 10.2. The number of ether oxygens (including phenoxy) is 1. The van der Waals surface area contributed by atoms with Crippen LogP contribution in [-0.2, 0) is 13.6 Å². The fraction of sp³-hybridized carbons (Fsp3) is 1.00. The van der Waals surface area contributed by atoms with Gasteiger partial charge >= 0.3 is 9.28 Å². The fourth-order valence-electron chi connectivity index (χ4n) is 1.87. The van der Waals surface area contributed by atoms with Crippen molar-refractivity contribution in [1.29, 1.82) is 0 Å². The summed E-state index contributed by atoms with van der Waals surface area (Å²) in [6.45, 7) is 12.7. The first-order valence-corrected chi connectivity index (χ1v) is 9.55. The average molecular weight is 292 g/mol. The lowest BCUT2D eigenvalue weighted by molar-refractivity contribution is 0.0635. The van der Waals surface area contributed by atoms with E-state index < -0.39 is 9.28 Å². The minimum Gasteiger partial charge on any atom is -0.397 e. The predicted molar refractivity (Wildman–Crippen MR) is 83.0 cm³/mol. The molecule has 0 amide bonds. The van der Waals surface area contributed by atoms with E-state index in [-0.39, 0.29) is 0 Å². The van der Waals surface area contributed by atoms with Crippen molar-refractivity contribution in [3.8, 4) is 0 Å². The standard InChI is InChI=1S/C14H33NO3Si/c1-5-15-13-14(4)16-11-9-8-10-12-19(17-6-2)18-7-3/h14-15,19H,5-13H2,1-4H3. The van der Waals surface area contributed by atoms with E-state index in [1.807, 2.05) is 13.8 Å². The van der Waals surface area contributed by atoms with Gasteiger partial charge < -0.3 is 18.9 Å². The van der Waals surface area contributed by atoms with E-state index in [1.54, 1.807) is 0 Å². The zero-order valence-electron chi connectivity index (χ0n) is 13.2. The monoisotopic (exact) mass is 291 g/mol. The molecule has 1 atom stereocenters. The molecule has 0 radical (unpaired) electrons. The van der Waals surface area contributed by atoms with E-state index in [2.05, 4.69) is 19.2 Å². The van der Waals surface area contributed by atoms with Crippen molar-refractivity contribution in [2.24, 2.45) is 0 Å². The molecule has 0 rings (SSSR count). The van der Waals surface area contributed by atoms with Gasteiger partial charge in [-0.25, -0.2) is 0 Å². The van der Waals surface area contributed by atoms with Crippen LogP contribution in [0, 0.1) is 0 Å².